The summed E-state index contributed by atoms with van der Waals surface area (Å²) in [5, 5.41) is 0. The van der Waals surface area contributed by atoms with Crippen molar-refractivity contribution >= 4 is 17.9 Å². The maximum absolute atomic E-state index is 12.3. The molecule has 1 saturated heterocycles. The van der Waals surface area contributed by atoms with Gasteiger partial charge in [-0.1, -0.05) is 42.0 Å². The zero-order valence-corrected chi connectivity index (χ0v) is 15.0. The molecule has 25 heavy (non-hydrogen) atoms. The highest BCUT2D eigenvalue weighted by Crippen LogP contribution is 2.29. The van der Waals surface area contributed by atoms with Gasteiger partial charge in [-0.15, -0.1) is 0 Å². The molecule has 3 rings (SSSR count). The number of hydrogen-bond donors (Lipinski definition) is 0. The third-order valence-electron chi connectivity index (χ3n) is 4.82. The Morgan fingerprint density at radius 2 is 2.12 bits per heavy atom. The molecule has 132 valence electrons. The molecule has 2 aliphatic heterocycles. The van der Waals surface area contributed by atoms with Gasteiger partial charge in [-0.3, -0.25) is 4.99 Å². The third kappa shape index (κ3) is 4.19. The van der Waals surface area contributed by atoms with Gasteiger partial charge in [0.1, 0.15) is 0 Å². The molecule has 0 bridgehead atoms. The lowest BCUT2D eigenvalue weighted by molar-refractivity contribution is 0.0706. The Bertz CT molecular complexity index is 691. The molecule has 0 aliphatic carbocycles. The molecular formula is C21H26N2O2. The molecule has 1 aromatic rings. The summed E-state index contributed by atoms with van der Waals surface area (Å²) in [7, 11) is 0. The van der Waals surface area contributed by atoms with E-state index in [0.29, 0.717) is 6.61 Å². The molecule has 0 N–H and O–H groups in total. The molecule has 1 aromatic carbocycles. The van der Waals surface area contributed by atoms with Gasteiger partial charge in [-0.05, 0) is 50.3 Å². The minimum Gasteiger partial charge on any atom is -0.450 e. The number of carbonyl (C=O) groups excluding carboxylic acids is 1. The summed E-state index contributed by atoms with van der Waals surface area (Å²) in [5.41, 5.74) is 3.59. The molecule has 0 radical (unpaired) electrons. The van der Waals surface area contributed by atoms with Crippen molar-refractivity contribution in [3.05, 3.63) is 53.6 Å². The monoisotopic (exact) mass is 338 g/mol. The molecule has 4 heteroatoms. The van der Waals surface area contributed by atoms with E-state index in [1.165, 1.54) is 11.1 Å². The topological polar surface area (TPSA) is 41.9 Å². The number of piperidine rings is 1. The third-order valence-corrected chi connectivity index (χ3v) is 4.82. The first kappa shape index (κ1) is 17.5. The summed E-state index contributed by atoms with van der Waals surface area (Å²) in [6.45, 7) is 5.14. The molecule has 0 spiro atoms. The van der Waals surface area contributed by atoms with Crippen molar-refractivity contribution in [1.82, 2.24) is 4.90 Å². The highest BCUT2D eigenvalue weighted by Gasteiger charge is 2.35. The summed E-state index contributed by atoms with van der Waals surface area (Å²) in [6, 6.07) is 10.5. The number of ether oxygens (including phenoxy) is 1. The van der Waals surface area contributed by atoms with E-state index in [0.717, 1.165) is 31.4 Å². The van der Waals surface area contributed by atoms with E-state index in [1.807, 2.05) is 36.2 Å². The molecular weight excluding hydrogens is 312 g/mol. The quantitative estimate of drug-likeness (QED) is 0.798. The van der Waals surface area contributed by atoms with E-state index < -0.39 is 0 Å². The van der Waals surface area contributed by atoms with Crippen LogP contribution < -0.4 is 0 Å². The fourth-order valence-corrected chi connectivity index (χ4v) is 3.64. The Morgan fingerprint density at radius 1 is 1.32 bits per heavy atom. The smallest absolute Gasteiger partial charge is 0.410 e. The molecule has 0 aromatic heterocycles. The number of aliphatic imine (C=N–C) groups is 1. The van der Waals surface area contributed by atoms with Crippen molar-refractivity contribution in [2.45, 2.75) is 45.2 Å². The van der Waals surface area contributed by atoms with Crippen molar-refractivity contribution in [2.75, 3.05) is 13.2 Å². The first-order chi connectivity index (χ1) is 12.2. The van der Waals surface area contributed by atoms with Gasteiger partial charge in [-0.25, -0.2) is 4.79 Å². The number of rotatable bonds is 2. The van der Waals surface area contributed by atoms with Crippen LogP contribution in [0.2, 0.25) is 0 Å². The van der Waals surface area contributed by atoms with Gasteiger partial charge in [0.15, 0.2) is 0 Å². The van der Waals surface area contributed by atoms with E-state index in [4.69, 9.17) is 9.73 Å². The molecule has 0 saturated carbocycles. The van der Waals surface area contributed by atoms with Crippen molar-refractivity contribution < 1.29 is 9.53 Å². The van der Waals surface area contributed by atoms with E-state index in [2.05, 4.69) is 31.2 Å². The second-order valence-corrected chi connectivity index (χ2v) is 6.65. The van der Waals surface area contributed by atoms with Crippen LogP contribution in [0.25, 0.3) is 5.57 Å². The minimum absolute atomic E-state index is 0.0730. The average molecular weight is 338 g/mol. The Morgan fingerprint density at radius 3 is 2.88 bits per heavy atom. The highest BCUT2D eigenvalue weighted by atomic mass is 16.6. The number of benzene rings is 1. The normalized spacial score (nSPS) is 27.7. The van der Waals surface area contributed by atoms with Gasteiger partial charge in [0.2, 0.25) is 0 Å². The lowest BCUT2D eigenvalue weighted by Gasteiger charge is -2.39. The molecule has 1 amide bonds. The van der Waals surface area contributed by atoms with Crippen molar-refractivity contribution in [3.8, 4) is 0 Å². The number of allylic oxidation sites excluding steroid dienone is 3. The van der Waals surface area contributed by atoms with Crippen LogP contribution in [0.3, 0.4) is 0 Å². The van der Waals surface area contributed by atoms with Gasteiger partial charge in [0, 0.05) is 12.8 Å². The van der Waals surface area contributed by atoms with Crippen molar-refractivity contribution in [3.63, 3.8) is 0 Å². The molecule has 2 aliphatic rings. The van der Waals surface area contributed by atoms with E-state index >= 15 is 0 Å². The average Bonchev–Trinajstić information content (AvgIpc) is 2.70. The van der Waals surface area contributed by atoms with Crippen molar-refractivity contribution in [2.24, 2.45) is 4.99 Å². The van der Waals surface area contributed by atoms with Crippen LogP contribution in [0.4, 0.5) is 4.79 Å². The van der Waals surface area contributed by atoms with Gasteiger partial charge in [0.25, 0.3) is 0 Å². The molecule has 2 unspecified atom stereocenters. The number of amides is 1. The minimum atomic E-state index is -0.212. The zero-order chi connectivity index (χ0) is 17.6. The van der Waals surface area contributed by atoms with Gasteiger partial charge in [0.05, 0.1) is 18.7 Å². The van der Waals surface area contributed by atoms with E-state index in [1.54, 1.807) is 0 Å². The zero-order valence-electron chi connectivity index (χ0n) is 15.0. The van der Waals surface area contributed by atoms with Gasteiger partial charge >= 0.3 is 6.09 Å². The Hall–Kier alpha value is -2.36. The van der Waals surface area contributed by atoms with Crippen molar-refractivity contribution in [1.29, 1.82) is 0 Å². The molecule has 2 atom stereocenters. The predicted octanol–water partition coefficient (Wildman–Crippen LogP) is 4.48. The largest absolute Gasteiger partial charge is 0.450 e. The SMILES string of the molecule is CCOC(=O)N1CCCC2N=C/C=C(c3ccccc3)\C=C(/C)CC21. The lowest BCUT2D eigenvalue weighted by atomic mass is 9.91. The van der Waals surface area contributed by atoms with Crippen LogP contribution in [0, 0.1) is 0 Å². The molecule has 2 heterocycles. The van der Waals surface area contributed by atoms with E-state index in [9.17, 15) is 4.79 Å². The van der Waals surface area contributed by atoms with E-state index in [-0.39, 0.29) is 18.2 Å². The Labute approximate surface area is 149 Å². The van der Waals surface area contributed by atoms with Crippen LogP contribution in [-0.2, 0) is 4.74 Å². The predicted molar refractivity (Wildman–Crippen MR) is 102 cm³/mol. The molecule has 1 fully saturated rings. The van der Waals surface area contributed by atoms with Crippen LogP contribution in [0.5, 0.6) is 0 Å². The maximum atomic E-state index is 12.3. The first-order valence-electron chi connectivity index (χ1n) is 9.08. The number of nitrogens with zero attached hydrogens (tertiary/aromatic N) is 2. The second kappa shape index (κ2) is 8.15. The summed E-state index contributed by atoms with van der Waals surface area (Å²) in [4.78, 5) is 19.0. The standard InChI is InChI=1S/C21H26N2O2/c1-3-25-21(24)23-13-7-10-19-20(23)15-16(2)14-18(11-12-22-19)17-8-5-4-6-9-17/h4-6,8-9,11-12,14,19-20H,3,7,10,13,15H2,1-2H3/b16-14+,18-11+,22-12?. The summed E-state index contributed by atoms with van der Waals surface area (Å²) in [6.07, 6.45) is 8.78. The number of likely N-dealkylation sites (tertiary alicyclic amines) is 1. The second-order valence-electron chi connectivity index (χ2n) is 6.65. The fourth-order valence-electron chi connectivity index (χ4n) is 3.64. The van der Waals surface area contributed by atoms with Crippen LogP contribution in [-0.4, -0.2) is 42.4 Å². The van der Waals surface area contributed by atoms with Gasteiger partial charge in [-0.2, -0.15) is 0 Å². The number of carbonyl (C=O) groups is 1. The molecule has 4 nitrogen and oxygen atoms in total. The van der Waals surface area contributed by atoms with Gasteiger partial charge < -0.3 is 9.64 Å². The summed E-state index contributed by atoms with van der Waals surface area (Å²) >= 11 is 0. The first-order valence-corrected chi connectivity index (χ1v) is 9.08. The fraction of sp³-hybridized carbons (Fsp3) is 0.429. The van der Waals surface area contributed by atoms with Crippen LogP contribution >= 0.6 is 0 Å². The Kier molecular flexibility index (Phi) is 5.69. The maximum Gasteiger partial charge on any atom is 0.410 e. The summed E-state index contributed by atoms with van der Waals surface area (Å²) in [5.74, 6) is 0. The Balaban J connectivity index is 1.89. The van der Waals surface area contributed by atoms with Crippen LogP contribution in [0.15, 0.2) is 53.0 Å². The lowest BCUT2D eigenvalue weighted by Crippen LogP contribution is -2.50. The van der Waals surface area contributed by atoms with Crippen LogP contribution in [0.1, 0.15) is 38.7 Å². The number of hydrogen-bond acceptors (Lipinski definition) is 3. The summed E-state index contributed by atoms with van der Waals surface area (Å²) < 4.78 is 5.26. The highest BCUT2D eigenvalue weighted by molar-refractivity contribution is 5.89. The number of fused-ring (bicyclic) bond motifs is 1.